The van der Waals surface area contributed by atoms with Gasteiger partial charge < -0.3 is 14.6 Å². The maximum absolute atomic E-state index is 17.1. The van der Waals surface area contributed by atoms with Gasteiger partial charge >= 0.3 is 0 Å². The second-order valence-electron chi connectivity index (χ2n) is 10.7. The summed E-state index contributed by atoms with van der Waals surface area (Å²) in [4.78, 5) is 24.8. The quantitative estimate of drug-likeness (QED) is 0.595. The van der Waals surface area contributed by atoms with Gasteiger partial charge in [-0.15, -0.1) is 12.6 Å². The number of ether oxygens (including phenoxy) is 2. The molecule has 0 aromatic carbocycles. The molecule has 0 radical (unpaired) electrons. The number of aliphatic hydroxyl groups excluding tert-OH is 1. The summed E-state index contributed by atoms with van der Waals surface area (Å²) >= 11 is 4.14. The second-order valence-corrected chi connectivity index (χ2v) is 11.2. The van der Waals surface area contributed by atoms with Crippen molar-refractivity contribution in [3.63, 3.8) is 0 Å². The molecule has 8 heteroatoms. The van der Waals surface area contributed by atoms with E-state index >= 15 is 8.78 Å². The Bertz CT molecular complexity index is 948. The topological polar surface area (TPSA) is 72.8 Å². The van der Waals surface area contributed by atoms with Gasteiger partial charge in [-0.1, -0.05) is 13.0 Å². The van der Waals surface area contributed by atoms with Crippen molar-refractivity contribution in [2.45, 2.75) is 82.4 Å². The lowest BCUT2D eigenvalue weighted by Crippen LogP contribution is -2.70. The van der Waals surface area contributed by atoms with E-state index in [0.29, 0.717) is 6.42 Å². The van der Waals surface area contributed by atoms with Crippen molar-refractivity contribution in [1.29, 1.82) is 0 Å². The van der Waals surface area contributed by atoms with E-state index in [1.165, 1.54) is 18.2 Å². The van der Waals surface area contributed by atoms with Crippen molar-refractivity contribution in [2.75, 3.05) is 0 Å². The van der Waals surface area contributed by atoms with Gasteiger partial charge in [0, 0.05) is 16.7 Å². The van der Waals surface area contributed by atoms with Crippen LogP contribution in [0, 0.1) is 22.7 Å². The van der Waals surface area contributed by atoms with Gasteiger partial charge in [0.2, 0.25) is 5.12 Å². The van der Waals surface area contributed by atoms with Crippen LogP contribution in [0.4, 0.5) is 8.78 Å². The normalized spacial score (nSPS) is 54.5. The van der Waals surface area contributed by atoms with E-state index in [2.05, 4.69) is 12.6 Å². The first-order chi connectivity index (χ1) is 14.2. The fourth-order valence-corrected chi connectivity index (χ4v) is 8.12. The predicted octanol–water partition coefficient (Wildman–Crippen LogP) is 3.26. The smallest absolute Gasteiger partial charge is 0.221 e. The Balaban J connectivity index is 1.66. The van der Waals surface area contributed by atoms with E-state index in [-0.39, 0.29) is 24.2 Å². The average Bonchev–Trinajstić information content (AvgIpc) is 3.06. The highest BCUT2D eigenvalue weighted by atomic mass is 32.1. The highest BCUT2D eigenvalue weighted by molar-refractivity contribution is 7.96. The van der Waals surface area contributed by atoms with E-state index in [4.69, 9.17) is 9.47 Å². The highest BCUT2D eigenvalue weighted by Crippen LogP contribution is 2.72. The number of fused-ring (bicyclic) bond motifs is 7. The molecule has 1 aliphatic heterocycles. The van der Waals surface area contributed by atoms with Crippen molar-refractivity contribution in [3.05, 3.63) is 23.8 Å². The second kappa shape index (κ2) is 6.07. The summed E-state index contributed by atoms with van der Waals surface area (Å²) < 4.78 is 44.7. The molecule has 0 spiro atoms. The third kappa shape index (κ3) is 2.32. The minimum absolute atomic E-state index is 0.0610. The number of aliphatic hydroxyl groups is 1. The van der Waals surface area contributed by atoms with E-state index in [0.717, 1.165) is 0 Å². The lowest BCUT2D eigenvalue weighted by Gasteiger charge is -2.63. The van der Waals surface area contributed by atoms with Crippen LogP contribution in [0.25, 0.3) is 0 Å². The number of alkyl halides is 2. The minimum atomic E-state index is -2.20. The number of thiol groups is 1. The molecule has 1 N–H and O–H groups in total. The Labute approximate surface area is 185 Å². The van der Waals surface area contributed by atoms with Crippen LogP contribution in [-0.2, 0) is 19.1 Å². The van der Waals surface area contributed by atoms with Crippen molar-refractivity contribution in [3.8, 4) is 0 Å². The lowest BCUT2D eigenvalue weighted by atomic mass is 9.44. The zero-order chi connectivity index (χ0) is 22.8. The summed E-state index contributed by atoms with van der Waals surface area (Å²) in [6, 6.07) is 0. The van der Waals surface area contributed by atoms with E-state index < -0.39 is 63.2 Å². The van der Waals surface area contributed by atoms with Gasteiger partial charge in [0.15, 0.2) is 22.8 Å². The van der Waals surface area contributed by atoms with Gasteiger partial charge in [-0.2, -0.15) is 0 Å². The summed E-state index contributed by atoms with van der Waals surface area (Å²) in [6.07, 6.45) is 0.204. The first-order valence-electron chi connectivity index (χ1n) is 10.8. The van der Waals surface area contributed by atoms with Crippen LogP contribution in [0.5, 0.6) is 0 Å². The molecule has 31 heavy (non-hydrogen) atoms. The van der Waals surface area contributed by atoms with E-state index in [1.54, 1.807) is 27.7 Å². The molecule has 1 saturated heterocycles. The average molecular weight is 455 g/mol. The van der Waals surface area contributed by atoms with Crippen molar-refractivity contribution >= 4 is 23.5 Å². The fourth-order valence-electron chi connectivity index (χ4n) is 7.67. The lowest BCUT2D eigenvalue weighted by molar-refractivity contribution is -0.246. The number of halogens is 2. The first-order valence-corrected chi connectivity index (χ1v) is 11.3. The number of ketones is 1. The van der Waals surface area contributed by atoms with Gasteiger partial charge in [-0.05, 0) is 63.7 Å². The zero-order valence-electron chi connectivity index (χ0n) is 18.0. The molecule has 5 aliphatic rings. The van der Waals surface area contributed by atoms with Crippen LogP contribution in [0.1, 0.15) is 47.0 Å². The maximum atomic E-state index is 17.1. The summed E-state index contributed by atoms with van der Waals surface area (Å²) in [6.45, 7) is 6.78. The number of carbonyl (C=O) groups is 2. The van der Waals surface area contributed by atoms with Crippen LogP contribution >= 0.6 is 12.6 Å². The monoisotopic (exact) mass is 454 g/mol. The van der Waals surface area contributed by atoms with Gasteiger partial charge in [0.1, 0.15) is 6.17 Å². The van der Waals surface area contributed by atoms with Gasteiger partial charge in [-0.3, -0.25) is 9.59 Å². The molecule has 3 saturated carbocycles. The molecule has 0 aromatic heterocycles. The van der Waals surface area contributed by atoms with Crippen LogP contribution < -0.4 is 0 Å². The van der Waals surface area contributed by atoms with Gasteiger partial charge in [0.25, 0.3) is 0 Å². The third-order valence-electron chi connectivity index (χ3n) is 8.94. The molecule has 1 heterocycles. The summed E-state index contributed by atoms with van der Waals surface area (Å²) in [5, 5.41) is 10.8. The van der Waals surface area contributed by atoms with Gasteiger partial charge in [0.05, 0.1) is 12.2 Å². The van der Waals surface area contributed by atoms with Crippen LogP contribution in [0.3, 0.4) is 0 Å². The maximum Gasteiger partial charge on any atom is 0.221 e. The Hall–Kier alpha value is -1.09. The minimum Gasteiger partial charge on any atom is -0.390 e. The van der Waals surface area contributed by atoms with Crippen LogP contribution in [0.15, 0.2) is 23.8 Å². The third-order valence-corrected chi connectivity index (χ3v) is 9.27. The number of hydrogen-bond donors (Lipinski definition) is 2. The van der Waals surface area contributed by atoms with Gasteiger partial charge in [-0.25, -0.2) is 8.78 Å². The molecule has 0 amide bonds. The fraction of sp³-hybridized carbons (Fsp3) is 0.739. The molecule has 5 nitrogen and oxygen atoms in total. The summed E-state index contributed by atoms with van der Waals surface area (Å²) in [7, 11) is 0. The first kappa shape index (κ1) is 21.7. The standard InChI is InChI=1S/C23H28F2O5S/c1-19(2)29-17-9-12-13-8-15(24)14-7-11(26)5-6-20(14,3)22(13,25)16(27)10-21(12,4)23(17,30-19)18(28)31/h5-7,12-13,15-17,27H,8-10H2,1-4H3,(H,28,31)/t12-,13-,15-,16-,17+,20-,21-,22-,23-/m0/s1. The molecule has 9 atom stereocenters. The van der Waals surface area contributed by atoms with Crippen molar-refractivity contribution in [2.24, 2.45) is 22.7 Å². The van der Waals surface area contributed by atoms with E-state index in [9.17, 15) is 14.7 Å². The molecule has 170 valence electrons. The Morgan fingerprint density at radius 3 is 2.55 bits per heavy atom. The zero-order valence-corrected chi connectivity index (χ0v) is 18.9. The summed E-state index contributed by atoms with van der Waals surface area (Å²) in [5.41, 5.74) is -6.02. The molecule has 4 fully saturated rings. The molecule has 0 unspecified atom stereocenters. The van der Waals surface area contributed by atoms with Crippen LogP contribution in [-0.4, -0.2) is 51.4 Å². The molecule has 5 rings (SSSR count). The number of rotatable bonds is 1. The van der Waals surface area contributed by atoms with E-state index in [1.807, 2.05) is 0 Å². The Morgan fingerprint density at radius 2 is 1.90 bits per heavy atom. The molecular weight excluding hydrogens is 426 g/mol. The number of allylic oxidation sites excluding steroid dienone is 4. The molecule has 0 bridgehead atoms. The number of carbonyl (C=O) groups excluding carboxylic acids is 2. The SMILES string of the molecule is CC1(C)O[C@@H]2C[C@H]3[C@@H]4C[C@H](F)C5=CC(=O)C=C[C@]5(C)[C@@]4(F)[C@@H](O)C[C@]3(C)[C@]2(C(=O)S)O1. The van der Waals surface area contributed by atoms with Crippen molar-refractivity contribution in [1.82, 2.24) is 0 Å². The highest BCUT2D eigenvalue weighted by Gasteiger charge is 2.80. The van der Waals surface area contributed by atoms with Crippen molar-refractivity contribution < 1.29 is 33.0 Å². The largest absolute Gasteiger partial charge is 0.390 e. The number of hydrogen-bond acceptors (Lipinski definition) is 5. The Morgan fingerprint density at radius 1 is 1.23 bits per heavy atom. The Kier molecular flexibility index (Phi) is 4.26. The molecular formula is C23H28F2O5S. The molecule has 4 aliphatic carbocycles. The molecule has 0 aromatic rings. The van der Waals surface area contributed by atoms with Crippen LogP contribution in [0.2, 0.25) is 0 Å². The predicted molar refractivity (Wildman–Crippen MR) is 111 cm³/mol. The summed E-state index contributed by atoms with van der Waals surface area (Å²) in [5.74, 6) is -2.77.